The maximum absolute atomic E-state index is 14.5. The maximum atomic E-state index is 14.5. The molecule has 0 spiro atoms. The van der Waals surface area contributed by atoms with E-state index in [2.05, 4.69) is 10.2 Å². The monoisotopic (exact) mass is 600 g/mol. The first kappa shape index (κ1) is 29.6. The molecule has 42 heavy (non-hydrogen) atoms. The van der Waals surface area contributed by atoms with Crippen LogP contribution in [-0.2, 0) is 20.8 Å². The minimum atomic E-state index is -1.04. The van der Waals surface area contributed by atoms with E-state index in [4.69, 9.17) is 14.2 Å². The summed E-state index contributed by atoms with van der Waals surface area (Å²) >= 11 is 1.18. The molecule has 12 nitrogen and oxygen atoms in total. The van der Waals surface area contributed by atoms with E-state index in [-0.39, 0.29) is 31.1 Å². The molecule has 1 aliphatic heterocycles. The molecule has 224 valence electrons. The predicted molar refractivity (Wildman–Crippen MR) is 154 cm³/mol. The van der Waals surface area contributed by atoms with Crippen LogP contribution in [-0.4, -0.2) is 75.5 Å². The van der Waals surface area contributed by atoms with Gasteiger partial charge in [-0.25, -0.2) is 13.8 Å². The highest BCUT2D eigenvalue weighted by Crippen LogP contribution is 2.34. The molecule has 14 heteroatoms. The summed E-state index contributed by atoms with van der Waals surface area (Å²) < 4.78 is 33.7. The number of benzene rings is 1. The first-order valence-corrected chi connectivity index (χ1v) is 14.5. The summed E-state index contributed by atoms with van der Waals surface area (Å²) in [6.07, 6.45) is 3.91. The van der Waals surface area contributed by atoms with Crippen molar-refractivity contribution in [3.63, 3.8) is 0 Å². The van der Waals surface area contributed by atoms with Crippen LogP contribution in [0.2, 0.25) is 0 Å². The highest BCUT2D eigenvalue weighted by atomic mass is 32.1. The highest BCUT2D eigenvalue weighted by Gasteiger charge is 2.31. The number of carbonyl (C=O) groups is 1. The van der Waals surface area contributed by atoms with Crippen LogP contribution >= 0.6 is 11.3 Å². The van der Waals surface area contributed by atoms with E-state index in [0.717, 1.165) is 17.4 Å². The first-order valence-electron chi connectivity index (χ1n) is 13.6. The highest BCUT2D eigenvalue weighted by molar-refractivity contribution is 7.21. The Morgan fingerprint density at radius 3 is 2.50 bits per heavy atom. The fourth-order valence-electron chi connectivity index (χ4n) is 5.32. The third-order valence-corrected chi connectivity index (χ3v) is 8.75. The van der Waals surface area contributed by atoms with Crippen LogP contribution in [0.25, 0.3) is 15.2 Å². The summed E-state index contributed by atoms with van der Waals surface area (Å²) in [5.41, 5.74) is -0.294. The number of nitrogens with zero attached hydrogens (tertiary/aromatic N) is 6. The first-order chi connectivity index (χ1) is 20.3. The molecule has 1 saturated heterocycles. The van der Waals surface area contributed by atoms with Crippen molar-refractivity contribution in [1.29, 1.82) is 0 Å². The number of aryl methyl sites for hydroxylation is 1. The molecule has 5 rings (SSSR count). The standard InChI is InChI=1S/C28H33FN6O6S/c1-17-23-25(37)34(18(2)24(36)32-11-5-6-12-32)28(38)33(27(23)42-26(17)35-30-9-10-31-35)16-22(41-14-13-39-3)20-15-19(29)7-8-21(20)40-4/h7-10,15,18,22H,5-6,11-14,16H2,1-4H3. The summed E-state index contributed by atoms with van der Waals surface area (Å²) in [5, 5.41) is 9.26. The van der Waals surface area contributed by atoms with Gasteiger partial charge in [0.05, 0.1) is 44.6 Å². The van der Waals surface area contributed by atoms with Gasteiger partial charge in [0.25, 0.3) is 5.56 Å². The summed E-state index contributed by atoms with van der Waals surface area (Å²) in [5.74, 6) is -0.422. The van der Waals surface area contributed by atoms with Gasteiger partial charge in [0.15, 0.2) is 0 Å². The molecule has 1 fully saturated rings. The van der Waals surface area contributed by atoms with Crippen LogP contribution in [0, 0.1) is 12.7 Å². The Balaban J connectivity index is 1.72. The lowest BCUT2D eigenvalue weighted by Gasteiger charge is -2.24. The summed E-state index contributed by atoms with van der Waals surface area (Å²) in [7, 11) is 2.99. The molecule has 1 aromatic carbocycles. The number of likely N-dealkylation sites (tertiary alicyclic amines) is 1. The van der Waals surface area contributed by atoms with Crippen molar-refractivity contribution in [1.82, 2.24) is 29.0 Å². The van der Waals surface area contributed by atoms with Gasteiger partial charge in [-0.3, -0.25) is 14.2 Å². The second kappa shape index (κ2) is 12.5. The smallest absolute Gasteiger partial charge is 0.332 e. The lowest BCUT2D eigenvalue weighted by atomic mass is 10.1. The molecule has 0 saturated carbocycles. The van der Waals surface area contributed by atoms with E-state index in [1.54, 1.807) is 18.7 Å². The van der Waals surface area contributed by atoms with Crippen molar-refractivity contribution in [3.8, 4) is 10.8 Å². The number of thiophene rings is 1. The van der Waals surface area contributed by atoms with Gasteiger partial charge in [0.1, 0.15) is 33.5 Å². The minimum Gasteiger partial charge on any atom is -0.496 e. The average Bonchev–Trinajstić information content (AvgIpc) is 3.76. The van der Waals surface area contributed by atoms with Crippen LogP contribution in [0.1, 0.15) is 43.0 Å². The molecule has 4 heterocycles. The normalized spacial score (nSPS) is 14.9. The molecule has 1 aliphatic rings. The molecular formula is C28H33FN6O6S. The summed E-state index contributed by atoms with van der Waals surface area (Å²) in [6, 6.07) is 3.02. The molecule has 0 aliphatic carbocycles. The molecule has 1 amide bonds. The fourth-order valence-corrected chi connectivity index (χ4v) is 6.54. The third kappa shape index (κ3) is 5.49. The van der Waals surface area contributed by atoms with Crippen molar-refractivity contribution in [3.05, 3.63) is 68.4 Å². The van der Waals surface area contributed by atoms with Gasteiger partial charge in [-0.05, 0) is 44.9 Å². The third-order valence-electron chi connectivity index (χ3n) is 7.47. The number of carbonyl (C=O) groups excluding carboxylic acids is 1. The molecule has 2 atom stereocenters. The van der Waals surface area contributed by atoms with Gasteiger partial charge in [0, 0.05) is 31.3 Å². The predicted octanol–water partition coefficient (Wildman–Crippen LogP) is 2.85. The number of amides is 1. The number of methoxy groups -OCH3 is 2. The van der Waals surface area contributed by atoms with Crippen LogP contribution in [0.5, 0.6) is 5.75 Å². The molecule has 0 N–H and O–H groups in total. The van der Waals surface area contributed by atoms with Gasteiger partial charge in [-0.15, -0.1) is 4.80 Å². The number of hydrogen-bond acceptors (Lipinski definition) is 9. The second-order valence-corrected chi connectivity index (χ2v) is 11.0. The molecule has 3 aromatic heterocycles. The topological polar surface area (TPSA) is 123 Å². The largest absolute Gasteiger partial charge is 0.496 e. The van der Waals surface area contributed by atoms with Crippen LogP contribution < -0.4 is 16.0 Å². The minimum absolute atomic E-state index is 0.101. The zero-order valence-corrected chi connectivity index (χ0v) is 24.7. The van der Waals surface area contributed by atoms with Crippen molar-refractivity contribution >= 4 is 27.5 Å². The van der Waals surface area contributed by atoms with Crippen LogP contribution in [0.3, 0.4) is 0 Å². The lowest BCUT2D eigenvalue weighted by molar-refractivity contribution is -0.133. The maximum Gasteiger partial charge on any atom is 0.332 e. The van der Waals surface area contributed by atoms with Gasteiger partial charge < -0.3 is 19.1 Å². The number of hydrogen-bond donors (Lipinski definition) is 0. The number of aromatic nitrogens is 5. The van der Waals surface area contributed by atoms with Gasteiger partial charge in [0.2, 0.25) is 5.91 Å². The molecule has 0 bridgehead atoms. The Hall–Kier alpha value is -3.88. The number of halogens is 1. The lowest BCUT2D eigenvalue weighted by Crippen LogP contribution is -2.47. The van der Waals surface area contributed by atoms with E-state index >= 15 is 0 Å². The molecule has 4 aromatic rings. The Kier molecular flexibility index (Phi) is 8.85. The quantitative estimate of drug-likeness (QED) is 0.241. The fraction of sp³-hybridized carbons (Fsp3) is 0.464. The Bertz CT molecular complexity index is 1690. The van der Waals surface area contributed by atoms with E-state index < -0.39 is 29.2 Å². The van der Waals surface area contributed by atoms with Crippen molar-refractivity contribution in [2.24, 2.45) is 0 Å². The zero-order chi connectivity index (χ0) is 30.0. The van der Waals surface area contributed by atoms with Crippen LogP contribution in [0.4, 0.5) is 4.39 Å². The SMILES string of the molecule is COCCOC(Cn1c(=O)n(C(C)C(=O)N2CCCC2)c(=O)c2c(C)c(-n3nccn3)sc21)c1cc(F)ccc1OC. The van der Waals surface area contributed by atoms with Crippen molar-refractivity contribution in [2.45, 2.75) is 45.4 Å². The molecular weight excluding hydrogens is 567 g/mol. The Labute approximate surface area is 244 Å². The van der Waals surface area contributed by atoms with E-state index in [0.29, 0.717) is 39.8 Å². The zero-order valence-electron chi connectivity index (χ0n) is 23.9. The summed E-state index contributed by atoms with van der Waals surface area (Å²) in [4.78, 5) is 45.1. The molecule has 0 radical (unpaired) electrons. The van der Waals surface area contributed by atoms with E-state index in [9.17, 15) is 18.8 Å². The Morgan fingerprint density at radius 2 is 1.83 bits per heavy atom. The number of rotatable bonds is 11. The molecule has 2 unspecified atom stereocenters. The van der Waals surface area contributed by atoms with Gasteiger partial charge in [-0.2, -0.15) is 10.2 Å². The van der Waals surface area contributed by atoms with Crippen molar-refractivity contribution in [2.75, 3.05) is 40.5 Å². The van der Waals surface area contributed by atoms with Gasteiger partial charge in [-0.1, -0.05) is 11.3 Å². The van der Waals surface area contributed by atoms with E-state index in [1.165, 1.54) is 65.5 Å². The van der Waals surface area contributed by atoms with E-state index in [1.807, 2.05) is 0 Å². The van der Waals surface area contributed by atoms with Crippen LogP contribution in [0.15, 0.2) is 40.2 Å². The number of ether oxygens (including phenoxy) is 3. The second-order valence-electron chi connectivity index (χ2n) is 10.0. The summed E-state index contributed by atoms with van der Waals surface area (Å²) in [6.45, 7) is 4.79. The number of fused-ring (bicyclic) bond motifs is 1. The van der Waals surface area contributed by atoms with Gasteiger partial charge >= 0.3 is 5.69 Å². The van der Waals surface area contributed by atoms with Crippen molar-refractivity contribution < 1.29 is 23.4 Å². The average molecular weight is 601 g/mol. The Morgan fingerprint density at radius 1 is 1.12 bits per heavy atom.